The highest BCUT2D eigenvalue weighted by molar-refractivity contribution is 6.32. The number of hydrogen-bond acceptors (Lipinski definition) is 3. The van der Waals surface area contributed by atoms with Crippen LogP contribution in [0.3, 0.4) is 0 Å². The molecule has 118 valence electrons. The third-order valence-corrected chi connectivity index (χ3v) is 5.52. The molecule has 2 fully saturated rings. The molecule has 0 radical (unpaired) electrons. The zero-order valence-electron chi connectivity index (χ0n) is 12.4. The second kappa shape index (κ2) is 5.88. The van der Waals surface area contributed by atoms with Crippen LogP contribution in [0.1, 0.15) is 43.0 Å². The van der Waals surface area contributed by atoms with Gasteiger partial charge in [0.05, 0.1) is 4.92 Å². The van der Waals surface area contributed by atoms with Crippen LogP contribution >= 0.6 is 11.6 Å². The van der Waals surface area contributed by atoms with E-state index in [4.69, 9.17) is 11.6 Å². The van der Waals surface area contributed by atoms with Crippen LogP contribution in [0.25, 0.3) is 0 Å². The van der Waals surface area contributed by atoms with Crippen LogP contribution in [0.4, 0.5) is 5.69 Å². The van der Waals surface area contributed by atoms with Crippen molar-refractivity contribution < 1.29 is 9.72 Å². The zero-order chi connectivity index (χ0) is 15.9. The summed E-state index contributed by atoms with van der Waals surface area (Å²) in [5.41, 5.74) is 0.0491. The number of amides is 1. The van der Waals surface area contributed by atoms with Gasteiger partial charge >= 0.3 is 0 Å². The Balaban J connectivity index is 1.69. The molecule has 5 nitrogen and oxygen atoms in total. The molecule has 1 amide bonds. The van der Waals surface area contributed by atoms with E-state index in [0.29, 0.717) is 5.92 Å². The van der Waals surface area contributed by atoms with Crippen molar-refractivity contribution in [2.75, 3.05) is 0 Å². The lowest BCUT2D eigenvalue weighted by molar-refractivity contribution is -0.384. The van der Waals surface area contributed by atoms with Gasteiger partial charge in [0, 0.05) is 17.7 Å². The van der Waals surface area contributed by atoms with Gasteiger partial charge in [-0.05, 0) is 56.1 Å². The van der Waals surface area contributed by atoms with Crippen LogP contribution in [-0.4, -0.2) is 16.9 Å². The summed E-state index contributed by atoms with van der Waals surface area (Å²) in [6.07, 6.45) is 5.07. The predicted octanol–water partition coefficient (Wildman–Crippen LogP) is 3.80. The second-order valence-electron chi connectivity index (χ2n) is 6.52. The van der Waals surface area contributed by atoms with E-state index < -0.39 is 4.92 Å². The topological polar surface area (TPSA) is 72.2 Å². The lowest BCUT2D eigenvalue weighted by atomic mass is 9.84. The summed E-state index contributed by atoms with van der Waals surface area (Å²) >= 11 is 5.77. The summed E-state index contributed by atoms with van der Waals surface area (Å²) in [5.74, 6) is 1.81. The van der Waals surface area contributed by atoms with Crippen LogP contribution in [0.5, 0.6) is 0 Å². The molecule has 2 bridgehead atoms. The molecule has 0 unspecified atom stereocenters. The first kappa shape index (κ1) is 15.3. The highest BCUT2D eigenvalue weighted by atomic mass is 35.5. The molecule has 6 heteroatoms. The molecular formula is C16H19ClN2O3. The van der Waals surface area contributed by atoms with Gasteiger partial charge in [-0.1, -0.05) is 18.0 Å². The normalized spacial score (nSPS) is 27.6. The van der Waals surface area contributed by atoms with E-state index in [1.807, 2.05) is 6.92 Å². The molecule has 2 aliphatic carbocycles. The highest BCUT2D eigenvalue weighted by Crippen LogP contribution is 2.49. The van der Waals surface area contributed by atoms with Gasteiger partial charge in [0.1, 0.15) is 5.02 Å². The number of carbonyl (C=O) groups is 1. The summed E-state index contributed by atoms with van der Waals surface area (Å²) in [6.45, 7) is 2.04. The van der Waals surface area contributed by atoms with Gasteiger partial charge in [0.15, 0.2) is 0 Å². The van der Waals surface area contributed by atoms with Crippen molar-refractivity contribution in [3.8, 4) is 0 Å². The molecule has 0 heterocycles. The quantitative estimate of drug-likeness (QED) is 0.677. The third kappa shape index (κ3) is 2.82. The smallest absolute Gasteiger partial charge is 0.288 e. The Morgan fingerprint density at radius 3 is 2.77 bits per heavy atom. The molecule has 1 aromatic rings. The molecule has 1 aromatic carbocycles. The second-order valence-corrected chi connectivity index (χ2v) is 6.93. The molecule has 0 aromatic heterocycles. The number of nitro groups is 1. The molecule has 4 atom stereocenters. The van der Waals surface area contributed by atoms with Crippen LogP contribution in [0.2, 0.25) is 5.02 Å². The SMILES string of the molecule is C[C@H](NC(=O)c1ccc(Cl)c([N+](=O)[O-])c1)[C@@H]1C[C@H]2CC[C@H]1C2. The fourth-order valence-electron chi connectivity index (χ4n) is 4.10. The summed E-state index contributed by atoms with van der Waals surface area (Å²) in [7, 11) is 0. The lowest BCUT2D eigenvalue weighted by Crippen LogP contribution is -2.40. The summed E-state index contributed by atoms with van der Waals surface area (Å²) < 4.78 is 0. The van der Waals surface area contributed by atoms with Crippen molar-refractivity contribution in [2.24, 2.45) is 17.8 Å². The van der Waals surface area contributed by atoms with E-state index in [1.165, 1.54) is 43.9 Å². The lowest BCUT2D eigenvalue weighted by Gasteiger charge is -2.28. The first-order valence-corrected chi connectivity index (χ1v) is 8.08. The van der Waals surface area contributed by atoms with E-state index in [1.54, 1.807) is 0 Å². The number of rotatable bonds is 4. The molecule has 2 saturated carbocycles. The number of hydrogen-bond donors (Lipinski definition) is 1. The van der Waals surface area contributed by atoms with E-state index in [0.717, 1.165) is 11.8 Å². The van der Waals surface area contributed by atoms with Gasteiger partial charge in [0.2, 0.25) is 0 Å². The van der Waals surface area contributed by atoms with Gasteiger partial charge in [-0.2, -0.15) is 0 Å². The Morgan fingerprint density at radius 2 is 2.18 bits per heavy atom. The number of halogens is 1. The minimum absolute atomic E-state index is 0.0442. The number of benzene rings is 1. The number of carbonyl (C=O) groups excluding carboxylic acids is 1. The Bertz CT molecular complexity index is 619. The average molecular weight is 323 g/mol. The molecule has 0 saturated heterocycles. The summed E-state index contributed by atoms with van der Waals surface area (Å²) in [6, 6.07) is 4.26. The Morgan fingerprint density at radius 1 is 1.41 bits per heavy atom. The molecule has 0 spiro atoms. The first-order valence-electron chi connectivity index (χ1n) is 7.70. The fourth-order valence-corrected chi connectivity index (χ4v) is 4.28. The van der Waals surface area contributed by atoms with E-state index in [2.05, 4.69) is 5.32 Å². The van der Waals surface area contributed by atoms with Gasteiger partial charge in [-0.15, -0.1) is 0 Å². The summed E-state index contributed by atoms with van der Waals surface area (Å²) in [4.78, 5) is 22.7. The molecular weight excluding hydrogens is 304 g/mol. The minimum atomic E-state index is -0.571. The van der Waals surface area contributed by atoms with Crippen LogP contribution in [0, 0.1) is 27.9 Å². The van der Waals surface area contributed by atoms with Crippen molar-refractivity contribution in [3.63, 3.8) is 0 Å². The molecule has 1 N–H and O–H groups in total. The van der Waals surface area contributed by atoms with Crippen molar-refractivity contribution in [2.45, 2.75) is 38.6 Å². The van der Waals surface area contributed by atoms with E-state index in [9.17, 15) is 14.9 Å². The monoisotopic (exact) mass is 322 g/mol. The maximum atomic E-state index is 12.3. The van der Waals surface area contributed by atoms with Crippen molar-refractivity contribution in [1.29, 1.82) is 0 Å². The number of nitrogens with one attached hydrogen (secondary N) is 1. The van der Waals surface area contributed by atoms with Crippen LogP contribution in [-0.2, 0) is 0 Å². The maximum absolute atomic E-state index is 12.3. The molecule has 0 aliphatic heterocycles. The number of nitro benzene ring substituents is 1. The average Bonchev–Trinajstić information content (AvgIpc) is 3.09. The molecule has 3 rings (SSSR count). The maximum Gasteiger partial charge on any atom is 0.288 e. The molecule has 22 heavy (non-hydrogen) atoms. The van der Waals surface area contributed by atoms with Crippen molar-refractivity contribution in [3.05, 3.63) is 38.9 Å². The third-order valence-electron chi connectivity index (χ3n) is 5.20. The van der Waals surface area contributed by atoms with E-state index >= 15 is 0 Å². The Hall–Kier alpha value is -1.62. The standard InChI is InChI=1S/C16H19ClN2O3/c1-9(13-7-10-2-3-11(13)6-10)18-16(20)12-4-5-14(17)15(8-12)19(21)22/h4-5,8-11,13H,2-3,6-7H2,1H3,(H,18,20)/t9-,10-,11-,13-/m0/s1. The van der Waals surface area contributed by atoms with Gasteiger partial charge in [-0.25, -0.2) is 0 Å². The Labute approximate surface area is 134 Å². The van der Waals surface area contributed by atoms with Crippen LogP contribution < -0.4 is 5.32 Å². The summed E-state index contributed by atoms with van der Waals surface area (Å²) in [5, 5.41) is 14.0. The zero-order valence-corrected chi connectivity index (χ0v) is 13.2. The van der Waals surface area contributed by atoms with Gasteiger partial charge < -0.3 is 5.32 Å². The first-order chi connectivity index (χ1) is 10.5. The largest absolute Gasteiger partial charge is 0.349 e. The highest BCUT2D eigenvalue weighted by Gasteiger charge is 2.42. The van der Waals surface area contributed by atoms with Gasteiger partial charge in [0.25, 0.3) is 11.6 Å². The number of fused-ring (bicyclic) bond motifs is 2. The van der Waals surface area contributed by atoms with Gasteiger partial charge in [-0.3, -0.25) is 14.9 Å². The fraction of sp³-hybridized carbons (Fsp3) is 0.562. The molecule has 2 aliphatic rings. The predicted molar refractivity (Wildman–Crippen MR) is 84.0 cm³/mol. The van der Waals surface area contributed by atoms with Crippen molar-refractivity contribution in [1.82, 2.24) is 5.32 Å². The van der Waals surface area contributed by atoms with E-state index in [-0.39, 0.29) is 28.2 Å². The van der Waals surface area contributed by atoms with Crippen LogP contribution in [0.15, 0.2) is 18.2 Å². The van der Waals surface area contributed by atoms with Crippen molar-refractivity contribution >= 4 is 23.2 Å². The number of nitrogens with zero attached hydrogens (tertiary/aromatic N) is 1. The minimum Gasteiger partial charge on any atom is -0.349 e. The Kier molecular flexibility index (Phi) is 4.08.